The van der Waals surface area contributed by atoms with Gasteiger partial charge in [0.15, 0.2) is 0 Å². The van der Waals surface area contributed by atoms with E-state index < -0.39 is 5.60 Å². The van der Waals surface area contributed by atoms with Crippen LogP contribution in [0.3, 0.4) is 0 Å². The average molecular weight is 322 g/mol. The summed E-state index contributed by atoms with van der Waals surface area (Å²) < 4.78 is 7.16. The average Bonchev–Trinajstić information content (AvgIpc) is 2.75. The molecule has 1 amide bonds. The number of ether oxygens (including phenoxy) is 1. The van der Waals surface area contributed by atoms with Crippen molar-refractivity contribution in [1.82, 2.24) is 20.0 Å². The van der Waals surface area contributed by atoms with Gasteiger partial charge in [-0.25, -0.2) is 4.79 Å². The molecule has 0 unspecified atom stereocenters. The highest BCUT2D eigenvalue weighted by Crippen LogP contribution is 2.41. The van der Waals surface area contributed by atoms with Crippen LogP contribution >= 0.6 is 0 Å². The number of nitrogens with one attached hydrogen (secondary N) is 1. The Kier molecular flexibility index (Phi) is 5.34. The van der Waals surface area contributed by atoms with Crippen molar-refractivity contribution >= 4 is 6.09 Å². The molecular weight excluding hydrogens is 292 g/mol. The first-order chi connectivity index (χ1) is 10.7. The molecule has 1 saturated carbocycles. The lowest BCUT2D eigenvalue weighted by molar-refractivity contribution is 0.0382. The Morgan fingerprint density at radius 3 is 2.65 bits per heavy atom. The summed E-state index contributed by atoms with van der Waals surface area (Å²) in [5.74, 6) is 0. The van der Waals surface area contributed by atoms with Crippen molar-refractivity contribution < 1.29 is 9.53 Å². The van der Waals surface area contributed by atoms with Gasteiger partial charge in [0.05, 0.1) is 6.20 Å². The summed E-state index contributed by atoms with van der Waals surface area (Å²) >= 11 is 0. The molecule has 6 nitrogen and oxygen atoms in total. The first-order valence-corrected chi connectivity index (χ1v) is 8.30. The molecule has 0 atom stereocenters. The number of aryl methyl sites for hydroxylation is 1. The Labute approximate surface area is 139 Å². The van der Waals surface area contributed by atoms with Crippen molar-refractivity contribution in [1.29, 1.82) is 0 Å². The van der Waals surface area contributed by atoms with E-state index in [1.807, 2.05) is 44.9 Å². The minimum atomic E-state index is -0.450. The predicted octanol–water partition coefficient (Wildman–Crippen LogP) is 2.55. The van der Waals surface area contributed by atoms with Crippen molar-refractivity contribution in [3.63, 3.8) is 0 Å². The molecule has 1 aliphatic carbocycles. The number of nitrogens with zero attached hydrogens (tertiary/aromatic N) is 3. The van der Waals surface area contributed by atoms with Gasteiger partial charge in [0.1, 0.15) is 5.60 Å². The Balaban J connectivity index is 1.82. The van der Waals surface area contributed by atoms with Crippen molar-refractivity contribution in [3.8, 4) is 0 Å². The normalized spacial score (nSPS) is 17.0. The van der Waals surface area contributed by atoms with E-state index in [9.17, 15) is 4.79 Å². The number of carbonyl (C=O) groups is 1. The Morgan fingerprint density at radius 2 is 2.17 bits per heavy atom. The predicted molar refractivity (Wildman–Crippen MR) is 90.1 cm³/mol. The molecular formula is C17H30N4O2. The van der Waals surface area contributed by atoms with Crippen LogP contribution in [0.25, 0.3) is 0 Å². The fraction of sp³-hybridized carbons (Fsp3) is 0.765. The molecule has 2 rings (SSSR count). The maximum atomic E-state index is 11.9. The molecule has 130 valence electrons. The fourth-order valence-electron chi connectivity index (χ4n) is 3.14. The quantitative estimate of drug-likeness (QED) is 0.874. The molecule has 1 aliphatic rings. The van der Waals surface area contributed by atoms with Crippen molar-refractivity contribution in [2.75, 3.05) is 20.1 Å². The maximum Gasteiger partial charge on any atom is 0.407 e. The van der Waals surface area contributed by atoms with Crippen molar-refractivity contribution in [2.45, 2.75) is 52.2 Å². The minimum Gasteiger partial charge on any atom is -0.444 e. The Morgan fingerprint density at radius 1 is 1.48 bits per heavy atom. The molecule has 23 heavy (non-hydrogen) atoms. The molecule has 6 heteroatoms. The second-order valence-electron chi connectivity index (χ2n) is 7.90. The number of amides is 1. The molecule has 0 spiro atoms. The van der Waals surface area contributed by atoms with Gasteiger partial charge in [-0.1, -0.05) is 6.42 Å². The molecule has 0 aliphatic heterocycles. The van der Waals surface area contributed by atoms with Gasteiger partial charge in [0.25, 0.3) is 0 Å². The van der Waals surface area contributed by atoms with E-state index in [2.05, 4.69) is 22.4 Å². The van der Waals surface area contributed by atoms with Crippen LogP contribution in [0.2, 0.25) is 0 Å². The van der Waals surface area contributed by atoms with Gasteiger partial charge in [-0.2, -0.15) is 5.10 Å². The van der Waals surface area contributed by atoms with Crippen LogP contribution in [0.15, 0.2) is 12.4 Å². The maximum absolute atomic E-state index is 11.9. The van der Waals surface area contributed by atoms with E-state index in [0.29, 0.717) is 6.54 Å². The number of rotatable bonds is 6. The summed E-state index contributed by atoms with van der Waals surface area (Å²) in [6, 6.07) is 0. The van der Waals surface area contributed by atoms with Crippen molar-refractivity contribution in [3.05, 3.63) is 18.0 Å². The van der Waals surface area contributed by atoms with Crippen LogP contribution in [0.5, 0.6) is 0 Å². The van der Waals surface area contributed by atoms with E-state index in [1.165, 1.54) is 12.0 Å². The second kappa shape index (κ2) is 6.91. The molecule has 1 fully saturated rings. The summed E-state index contributed by atoms with van der Waals surface area (Å²) in [5, 5.41) is 7.16. The lowest BCUT2D eigenvalue weighted by Gasteiger charge is -2.44. The zero-order valence-electron chi connectivity index (χ0n) is 15.1. The van der Waals surface area contributed by atoms with Gasteiger partial charge in [-0.3, -0.25) is 4.68 Å². The van der Waals surface area contributed by atoms with E-state index in [4.69, 9.17) is 4.74 Å². The molecule has 0 bridgehead atoms. The highest BCUT2D eigenvalue weighted by atomic mass is 16.6. The van der Waals surface area contributed by atoms with Crippen LogP contribution < -0.4 is 5.32 Å². The summed E-state index contributed by atoms with van der Waals surface area (Å²) in [4.78, 5) is 14.2. The van der Waals surface area contributed by atoms with Gasteiger partial charge in [0.2, 0.25) is 0 Å². The highest BCUT2D eigenvalue weighted by Gasteiger charge is 2.38. The van der Waals surface area contributed by atoms with Gasteiger partial charge in [-0.15, -0.1) is 0 Å². The molecule has 1 N–H and O–H groups in total. The van der Waals surface area contributed by atoms with Crippen LogP contribution in [0.1, 0.15) is 45.6 Å². The third-order valence-corrected chi connectivity index (χ3v) is 4.24. The van der Waals surface area contributed by atoms with E-state index in [-0.39, 0.29) is 11.5 Å². The standard InChI is InChI=1S/C17H30N4O2/c1-16(2,3)23-15(22)18-12-17(7-6-8-17)13-20(4)10-14-9-19-21(5)11-14/h9,11H,6-8,10,12-13H2,1-5H3,(H,18,22). The third kappa shape index (κ3) is 5.53. The smallest absolute Gasteiger partial charge is 0.407 e. The van der Waals surface area contributed by atoms with E-state index in [0.717, 1.165) is 25.9 Å². The summed E-state index contributed by atoms with van der Waals surface area (Å²) in [6.45, 7) is 8.17. The lowest BCUT2D eigenvalue weighted by Crippen LogP contribution is -2.49. The minimum absolute atomic E-state index is 0.174. The van der Waals surface area contributed by atoms with Crippen LogP contribution in [-0.4, -0.2) is 46.5 Å². The van der Waals surface area contributed by atoms with Gasteiger partial charge >= 0.3 is 6.09 Å². The number of hydrogen-bond donors (Lipinski definition) is 1. The van der Waals surface area contributed by atoms with Gasteiger partial charge < -0.3 is 15.0 Å². The lowest BCUT2D eigenvalue weighted by atomic mass is 9.68. The number of hydrogen-bond acceptors (Lipinski definition) is 4. The zero-order chi connectivity index (χ0) is 17.1. The third-order valence-electron chi connectivity index (χ3n) is 4.24. The number of aromatic nitrogens is 2. The summed E-state index contributed by atoms with van der Waals surface area (Å²) in [7, 11) is 4.06. The Hall–Kier alpha value is -1.56. The van der Waals surface area contributed by atoms with Gasteiger partial charge in [0, 0.05) is 43.9 Å². The first-order valence-electron chi connectivity index (χ1n) is 8.30. The number of alkyl carbamates (subject to hydrolysis) is 1. The van der Waals surface area contributed by atoms with E-state index >= 15 is 0 Å². The molecule has 1 aromatic rings. The fourth-order valence-corrected chi connectivity index (χ4v) is 3.14. The first kappa shape index (κ1) is 17.8. The van der Waals surface area contributed by atoms with Crippen LogP contribution in [0, 0.1) is 5.41 Å². The second-order valence-corrected chi connectivity index (χ2v) is 7.90. The molecule has 0 saturated heterocycles. The largest absolute Gasteiger partial charge is 0.444 e. The zero-order valence-corrected chi connectivity index (χ0v) is 15.1. The molecule has 1 heterocycles. The Bertz CT molecular complexity index is 529. The van der Waals surface area contributed by atoms with E-state index in [1.54, 1.807) is 0 Å². The summed E-state index contributed by atoms with van der Waals surface area (Å²) in [5.41, 5.74) is 0.937. The molecule has 0 radical (unpaired) electrons. The number of carbonyl (C=O) groups excluding carboxylic acids is 1. The summed E-state index contributed by atoms with van der Waals surface area (Å²) in [6.07, 6.45) is 7.17. The monoisotopic (exact) mass is 322 g/mol. The van der Waals surface area contributed by atoms with Gasteiger partial charge in [-0.05, 0) is 40.7 Å². The SMILES string of the molecule is CN(Cc1cnn(C)c1)CC1(CNC(=O)OC(C)(C)C)CCC1. The van der Waals surface area contributed by atoms with Crippen LogP contribution in [0.4, 0.5) is 4.79 Å². The molecule has 0 aromatic carbocycles. The highest BCUT2D eigenvalue weighted by molar-refractivity contribution is 5.67. The molecule has 1 aromatic heterocycles. The topological polar surface area (TPSA) is 59.4 Å². The van der Waals surface area contributed by atoms with Crippen LogP contribution in [-0.2, 0) is 18.3 Å². The van der Waals surface area contributed by atoms with Crippen molar-refractivity contribution in [2.24, 2.45) is 12.5 Å².